The van der Waals surface area contributed by atoms with Crippen molar-refractivity contribution in [2.45, 2.75) is 26.2 Å². The summed E-state index contributed by atoms with van der Waals surface area (Å²) in [7, 11) is 1.82. The monoisotopic (exact) mass is 193 g/mol. The third-order valence-electron chi connectivity index (χ3n) is 2.59. The van der Waals surface area contributed by atoms with Crippen LogP contribution in [0.25, 0.3) is 0 Å². The van der Waals surface area contributed by atoms with Gasteiger partial charge in [0.25, 0.3) is 6.41 Å². The smallest absolute Gasteiger partial charge is 0.281 e. The van der Waals surface area contributed by atoms with Gasteiger partial charge >= 0.3 is 0 Å². The van der Waals surface area contributed by atoms with Gasteiger partial charge in [0.15, 0.2) is 0 Å². The van der Waals surface area contributed by atoms with Crippen molar-refractivity contribution in [3.05, 3.63) is 23.8 Å². The van der Waals surface area contributed by atoms with Crippen LogP contribution in [0, 0.1) is 0 Å². The van der Waals surface area contributed by atoms with Gasteiger partial charge in [-0.1, -0.05) is 19.9 Å². The number of aliphatic hydroxyl groups excluding tert-OH is 1. The normalized spacial score (nSPS) is 19.8. The van der Waals surface area contributed by atoms with Crippen LogP contribution < -0.4 is 9.64 Å². The zero-order valence-corrected chi connectivity index (χ0v) is 8.69. The van der Waals surface area contributed by atoms with E-state index >= 15 is 0 Å². The molecule has 1 aliphatic heterocycles. The third-order valence-corrected chi connectivity index (χ3v) is 2.59. The van der Waals surface area contributed by atoms with Crippen LogP contribution in [0.2, 0.25) is 0 Å². The van der Waals surface area contributed by atoms with E-state index in [4.69, 9.17) is 4.74 Å². The van der Waals surface area contributed by atoms with Crippen LogP contribution in [0.1, 0.15) is 25.3 Å². The van der Waals surface area contributed by atoms with E-state index in [2.05, 4.69) is 19.9 Å². The zero-order chi connectivity index (χ0) is 10.3. The maximum absolute atomic E-state index is 9.45. The van der Waals surface area contributed by atoms with Gasteiger partial charge in [0.05, 0.1) is 5.69 Å². The number of anilines is 1. The first kappa shape index (κ1) is 9.34. The van der Waals surface area contributed by atoms with Crippen molar-refractivity contribution in [3.8, 4) is 5.75 Å². The molecule has 3 nitrogen and oxygen atoms in total. The number of rotatable bonds is 1. The largest absolute Gasteiger partial charge is 0.445 e. The van der Waals surface area contributed by atoms with Crippen molar-refractivity contribution in [2.24, 2.45) is 0 Å². The Morgan fingerprint density at radius 2 is 2.14 bits per heavy atom. The predicted octanol–water partition coefficient (Wildman–Crippen LogP) is 1.91. The van der Waals surface area contributed by atoms with Gasteiger partial charge < -0.3 is 14.7 Å². The van der Waals surface area contributed by atoms with Crippen LogP contribution in [-0.4, -0.2) is 18.6 Å². The van der Waals surface area contributed by atoms with Gasteiger partial charge in [-0.15, -0.1) is 0 Å². The average molecular weight is 193 g/mol. The van der Waals surface area contributed by atoms with Crippen molar-refractivity contribution in [3.63, 3.8) is 0 Å². The van der Waals surface area contributed by atoms with E-state index in [-0.39, 0.29) is 0 Å². The molecule has 1 unspecified atom stereocenters. The first-order chi connectivity index (χ1) is 6.59. The molecule has 0 saturated carbocycles. The Morgan fingerprint density at radius 1 is 1.43 bits per heavy atom. The quantitative estimate of drug-likeness (QED) is 0.739. The van der Waals surface area contributed by atoms with Crippen LogP contribution >= 0.6 is 0 Å². The van der Waals surface area contributed by atoms with Gasteiger partial charge in [-0.05, 0) is 23.6 Å². The minimum Gasteiger partial charge on any atom is -0.445 e. The Bertz CT molecular complexity index is 349. The number of hydrogen-bond donors (Lipinski definition) is 1. The van der Waals surface area contributed by atoms with E-state index in [0.29, 0.717) is 5.92 Å². The van der Waals surface area contributed by atoms with Crippen molar-refractivity contribution in [1.29, 1.82) is 0 Å². The van der Waals surface area contributed by atoms with Crippen molar-refractivity contribution < 1.29 is 9.84 Å². The van der Waals surface area contributed by atoms with Gasteiger partial charge in [-0.25, -0.2) is 0 Å². The summed E-state index contributed by atoms with van der Waals surface area (Å²) in [5.74, 6) is 1.25. The number of ether oxygens (including phenoxy) is 1. The van der Waals surface area contributed by atoms with Crippen LogP contribution in [0.15, 0.2) is 18.2 Å². The molecule has 1 heterocycles. The van der Waals surface area contributed by atoms with Crippen molar-refractivity contribution in [2.75, 3.05) is 11.9 Å². The molecule has 0 radical (unpaired) electrons. The second-order valence-electron chi connectivity index (χ2n) is 3.94. The number of nitrogens with zero attached hydrogens (tertiary/aromatic N) is 1. The summed E-state index contributed by atoms with van der Waals surface area (Å²) >= 11 is 0. The molecule has 2 rings (SSSR count). The van der Waals surface area contributed by atoms with E-state index in [9.17, 15) is 5.11 Å². The van der Waals surface area contributed by atoms with Crippen LogP contribution in [0.3, 0.4) is 0 Å². The molecule has 1 aromatic carbocycles. The minimum atomic E-state index is -0.840. The molecule has 0 fully saturated rings. The second-order valence-corrected chi connectivity index (χ2v) is 3.94. The molecule has 1 aromatic rings. The fourth-order valence-electron chi connectivity index (χ4n) is 1.58. The first-order valence-electron chi connectivity index (χ1n) is 4.81. The first-order valence-corrected chi connectivity index (χ1v) is 4.81. The standard InChI is InChI=1S/C11H15NO2/c1-7(2)8-4-5-10-9(6-8)12(3)11(13)14-10/h4-7,11,13H,1-3H3. The molecule has 0 aliphatic carbocycles. The lowest BCUT2D eigenvalue weighted by molar-refractivity contribution is 0.000985. The summed E-state index contributed by atoms with van der Waals surface area (Å²) < 4.78 is 5.24. The average Bonchev–Trinajstić information content (AvgIpc) is 2.43. The number of hydrogen-bond acceptors (Lipinski definition) is 3. The molecule has 0 bridgehead atoms. The summed E-state index contributed by atoms with van der Waals surface area (Å²) in [6.07, 6.45) is -0.840. The highest BCUT2D eigenvalue weighted by Crippen LogP contribution is 2.37. The molecule has 14 heavy (non-hydrogen) atoms. The van der Waals surface area contributed by atoms with Crippen LogP contribution in [0.4, 0.5) is 5.69 Å². The minimum absolute atomic E-state index is 0.492. The molecule has 0 spiro atoms. The number of aliphatic hydroxyl groups is 1. The summed E-state index contributed by atoms with van der Waals surface area (Å²) in [6, 6.07) is 6.02. The van der Waals surface area contributed by atoms with Crippen molar-refractivity contribution in [1.82, 2.24) is 0 Å². The SMILES string of the molecule is CC(C)c1ccc2c(c1)N(C)C(O)O2. The maximum atomic E-state index is 9.45. The molecule has 3 heteroatoms. The Balaban J connectivity index is 2.41. The van der Waals surface area contributed by atoms with E-state index in [1.165, 1.54) is 5.56 Å². The Kier molecular flexibility index (Phi) is 2.11. The van der Waals surface area contributed by atoms with E-state index in [1.54, 1.807) is 4.90 Å². The van der Waals surface area contributed by atoms with E-state index in [1.807, 2.05) is 19.2 Å². The molecule has 0 saturated heterocycles. The fraction of sp³-hybridized carbons (Fsp3) is 0.455. The number of fused-ring (bicyclic) bond motifs is 1. The summed E-state index contributed by atoms with van der Waals surface area (Å²) in [5.41, 5.74) is 2.22. The lowest BCUT2D eigenvalue weighted by atomic mass is 10.0. The molecule has 0 amide bonds. The van der Waals surface area contributed by atoms with Crippen LogP contribution in [-0.2, 0) is 0 Å². The van der Waals surface area contributed by atoms with Gasteiger partial charge in [0.2, 0.25) is 0 Å². The highest BCUT2D eigenvalue weighted by molar-refractivity contribution is 5.62. The molecule has 1 atom stereocenters. The number of benzene rings is 1. The molecule has 76 valence electrons. The third kappa shape index (κ3) is 1.34. The highest BCUT2D eigenvalue weighted by Gasteiger charge is 2.25. The maximum Gasteiger partial charge on any atom is 0.281 e. The fourth-order valence-corrected chi connectivity index (χ4v) is 1.58. The Morgan fingerprint density at radius 3 is 2.79 bits per heavy atom. The molecule has 1 N–H and O–H groups in total. The van der Waals surface area contributed by atoms with Crippen LogP contribution in [0.5, 0.6) is 5.75 Å². The summed E-state index contributed by atoms with van der Waals surface area (Å²) in [6.45, 7) is 4.29. The lowest BCUT2D eigenvalue weighted by Crippen LogP contribution is -2.30. The van der Waals surface area contributed by atoms with E-state index < -0.39 is 6.41 Å². The van der Waals surface area contributed by atoms with Crippen molar-refractivity contribution >= 4 is 5.69 Å². The Hall–Kier alpha value is -1.22. The lowest BCUT2D eigenvalue weighted by Gasteiger charge is -2.14. The van der Waals surface area contributed by atoms with E-state index in [0.717, 1.165) is 11.4 Å². The van der Waals surface area contributed by atoms with Gasteiger partial charge in [-0.2, -0.15) is 0 Å². The van der Waals surface area contributed by atoms with Gasteiger partial charge in [-0.3, -0.25) is 0 Å². The predicted molar refractivity (Wildman–Crippen MR) is 55.6 cm³/mol. The second kappa shape index (κ2) is 3.17. The molecule has 0 aromatic heterocycles. The molecular formula is C11H15NO2. The topological polar surface area (TPSA) is 32.7 Å². The highest BCUT2D eigenvalue weighted by atomic mass is 16.6. The Labute approximate surface area is 83.9 Å². The molecular weight excluding hydrogens is 178 g/mol. The zero-order valence-electron chi connectivity index (χ0n) is 8.69. The summed E-state index contributed by atoms with van der Waals surface area (Å²) in [5, 5.41) is 9.45. The summed E-state index contributed by atoms with van der Waals surface area (Å²) in [4.78, 5) is 1.72. The van der Waals surface area contributed by atoms with Gasteiger partial charge in [0, 0.05) is 7.05 Å². The van der Waals surface area contributed by atoms with Gasteiger partial charge in [0.1, 0.15) is 5.75 Å². The molecule has 1 aliphatic rings.